The fraction of sp³-hybridized carbons (Fsp3) is 0.143. The van der Waals surface area contributed by atoms with E-state index in [9.17, 15) is 13.2 Å². The van der Waals surface area contributed by atoms with Crippen molar-refractivity contribution in [2.45, 2.75) is 11.2 Å². The summed E-state index contributed by atoms with van der Waals surface area (Å²) in [4.78, 5) is 12.0. The molecule has 1 aliphatic rings. The fourth-order valence-electron chi connectivity index (χ4n) is 1.92. The maximum atomic E-state index is 12.0. The number of furan rings is 1. The molecule has 10 heteroatoms. The van der Waals surface area contributed by atoms with E-state index in [0.29, 0.717) is 11.5 Å². The molecule has 0 saturated carbocycles. The van der Waals surface area contributed by atoms with E-state index in [1.165, 1.54) is 6.07 Å². The third-order valence-electron chi connectivity index (χ3n) is 3.02. The first kappa shape index (κ1) is 16.0. The summed E-state index contributed by atoms with van der Waals surface area (Å²) in [6.07, 6.45) is 0.214. The van der Waals surface area contributed by atoms with Crippen molar-refractivity contribution in [2.75, 3.05) is 6.61 Å². The number of para-hydroxylation sites is 2. The van der Waals surface area contributed by atoms with Gasteiger partial charge in [-0.05, 0) is 24.3 Å². The molecule has 9 nitrogen and oxygen atoms in total. The first-order chi connectivity index (χ1) is 11.4. The van der Waals surface area contributed by atoms with E-state index in [-0.39, 0.29) is 12.4 Å². The Bertz CT molecular complexity index is 888. The minimum absolute atomic E-state index is 0.0338. The van der Waals surface area contributed by atoms with Gasteiger partial charge in [-0.15, -0.1) is 0 Å². The minimum atomic E-state index is -4.42. The quantitative estimate of drug-likeness (QED) is 0.473. The molecular formula is C14H12N2O7S. The summed E-state index contributed by atoms with van der Waals surface area (Å²) < 4.78 is 46.2. The second-order valence-corrected chi connectivity index (χ2v) is 6.08. The van der Waals surface area contributed by atoms with Gasteiger partial charge in [-0.3, -0.25) is 9.35 Å². The van der Waals surface area contributed by atoms with Crippen LogP contribution in [0.3, 0.4) is 0 Å². The molecule has 1 aromatic heterocycles. The number of hydrogen-bond acceptors (Lipinski definition) is 7. The van der Waals surface area contributed by atoms with Crippen molar-refractivity contribution in [1.82, 2.24) is 5.43 Å². The first-order valence-corrected chi connectivity index (χ1v) is 8.16. The van der Waals surface area contributed by atoms with E-state index >= 15 is 0 Å². The van der Waals surface area contributed by atoms with Gasteiger partial charge in [-0.1, -0.05) is 12.1 Å². The molecular weight excluding hydrogens is 340 g/mol. The third kappa shape index (κ3) is 3.55. The van der Waals surface area contributed by atoms with Crippen molar-refractivity contribution in [3.63, 3.8) is 0 Å². The Morgan fingerprint density at radius 1 is 1.25 bits per heavy atom. The van der Waals surface area contributed by atoms with Crippen LogP contribution in [0.25, 0.3) is 0 Å². The number of nitrogens with one attached hydrogen (secondary N) is 1. The van der Waals surface area contributed by atoms with Crippen molar-refractivity contribution < 1.29 is 31.7 Å². The number of hydrazone groups is 1. The molecule has 0 radical (unpaired) electrons. The summed E-state index contributed by atoms with van der Waals surface area (Å²) >= 11 is 0. The first-order valence-electron chi connectivity index (χ1n) is 6.72. The van der Waals surface area contributed by atoms with Crippen LogP contribution >= 0.6 is 0 Å². The number of carbonyl (C=O) groups excluding carboxylic acids is 1. The molecule has 3 rings (SSSR count). The largest absolute Gasteiger partial charge is 0.485 e. The van der Waals surface area contributed by atoms with Crippen LogP contribution in [0.2, 0.25) is 0 Å². The molecule has 0 aliphatic carbocycles. The maximum Gasteiger partial charge on any atom is 0.328 e. The van der Waals surface area contributed by atoms with E-state index in [1.54, 1.807) is 24.3 Å². The van der Waals surface area contributed by atoms with E-state index in [1.807, 2.05) is 0 Å². The molecule has 1 amide bonds. The Labute approximate surface area is 136 Å². The summed E-state index contributed by atoms with van der Waals surface area (Å²) in [5.74, 6) is 0.506. The van der Waals surface area contributed by atoms with E-state index in [2.05, 4.69) is 10.5 Å². The molecule has 0 saturated heterocycles. The molecule has 126 valence electrons. The average molecular weight is 352 g/mol. The summed E-state index contributed by atoms with van der Waals surface area (Å²) in [6, 6.07) is 9.28. The van der Waals surface area contributed by atoms with Crippen LogP contribution in [0, 0.1) is 0 Å². The van der Waals surface area contributed by atoms with Crippen LogP contribution in [0.5, 0.6) is 11.5 Å². The van der Waals surface area contributed by atoms with E-state index in [0.717, 1.165) is 12.3 Å². The number of ether oxygens (including phenoxy) is 2. The predicted octanol–water partition coefficient (Wildman–Crippen LogP) is 0.816. The van der Waals surface area contributed by atoms with E-state index < -0.39 is 27.2 Å². The summed E-state index contributed by atoms with van der Waals surface area (Å²) in [5, 5.41) is 3.02. The molecule has 0 bridgehead atoms. The highest BCUT2D eigenvalue weighted by atomic mass is 32.2. The Morgan fingerprint density at radius 2 is 2.00 bits per heavy atom. The minimum Gasteiger partial charge on any atom is -0.485 e. The van der Waals surface area contributed by atoms with Crippen molar-refractivity contribution in [2.24, 2.45) is 5.10 Å². The standard InChI is InChI=1S/C14H12N2O7S/c17-14(12-8-21-10-3-1-2-4-11(10)23-12)16-15-7-9-5-6-13(22-9)24(18,19)20/h1-7,12H,8H2,(H,16,17)(H,18,19,20)/b15-7+. The summed E-state index contributed by atoms with van der Waals surface area (Å²) in [7, 11) is -4.42. The zero-order chi connectivity index (χ0) is 17.2. The topological polar surface area (TPSA) is 127 Å². The van der Waals surface area contributed by atoms with Gasteiger partial charge in [0.05, 0.1) is 6.21 Å². The molecule has 0 fully saturated rings. The number of nitrogens with zero attached hydrogens (tertiary/aromatic N) is 1. The lowest BCUT2D eigenvalue weighted by atomic mass is 10.2. The zero-order valence-corrected chi connectivity index (χ0v) is 12.9. The molecule has 2 N–H and O–H groups in total. The molecule has 1 aromatic carbocycles. The fourth-order valence-corrected chi connectivity index (χ4v) is 2.36. The molecule has 0 spiro atoms. The normalized spacial score (nSPS) is 17.0. The molecule has 2 heterocycles. The van der Waals surface area contributed by atoms with Gasteiger partial charge in [0.2, 0.25) is 11.2 Å². The SMILES string of the molecule is O=C(N/N=C/c1ccc(S(=O)(=O)O)o1)C1COc2ccccc2O1. The third-order valence-corrected chi connectivity index (χ3v) is 3.75. The number of amides is 1. The van der Waals surface area contributed by atoms with Crippen LogP contribution < -0.4 is 14.9 Å². The van der Waals surface area contributed by atoms with Crippen molar-refractivity contribution in [3.05, 3.63) is 42.2 Å². The molecule has 1 aliphatic heterocycles. The van der Waals surface area contributed by atoms with Gasteiger partial charge >= 0.3 is 10.1 Å². The van der Waals surface area contributed by atoms with Gasteiger partial charge in [0.25, 0.3) is 5.91 Å². The Kier molecular flexibility index (Phi) is 4.23. The monoisotopic (exact) mass is 352 g/mol. The second kappa shape index (κ2) is 6.34. The van der Waals surface area contributed by atoms with Crippen LogP contribution in [-0.2, 0) is 14.9 Å². The Balaban J connectivity index is 1.59. The highest BCUT2D eigenvalue weighted by Gasteiger charge is 2.27. The van der Waals surface area contributed by atoms with Crippen molar-refractivity contribution in [1.29, 1.82) is 0 Å². The zero-order valence-electron chi connectivity index (χ0n) is 12.1. The molecule has 2 aromatic rings. The Morgan fingerprint density at radius 3 is 2.71 bits per heavy atom. The van der Waals surface area contributed by atoms with Gasteiger partial charge in [-0.2, -0.15) is 13.5 Å². The van der Waals surface area contributed by atoms with E-state index in [4.69, 9.17) is 18.4 Å². The predicted molar refractivity (Wildman–Crippen MR) is 80.6 cm³/mol. The van der Waals surface area contributed by atoms with Crippen molar-refractivity contribution >= 4 is 22.2 Å². The molecule has 1 unspecified atom stereocenters. The molecule has 24 heavy (non-hydrogen) atoms. The van der Waals surface area contributed by atoms with Crippen molar-refractivity contribution in [3.8, 4) is 11.5 Å². The lowest BCUT2D eigenvalue weighted by Gasteiger charge is -2.24. The van der Waals surface area contributed by atoms with Gasteiger partial charge in [0, 0.05) is 0 Å². The van der Waals surface area contributed by atoms with Gasteiger partial charge < -0.3 is 13.9 Å². The summed E-state index contributed by atoms with van der Waals surface area (Å²) in [6.45, 7) is 0.0338. The second-order valence-electron chi connectivity index (χ2n) is 4.73. The number of rotatable bonds is 4. The number of fused-ring (bicyclic) bond motifs is 1. The summed E-state index contributed by atoms with van der Waals surface area (Å²) in [5.41, 5.74) is 2.23. The van der Waals surface area contributed by atoms with Crippen LogP contribution in [0.15, 0.2) is 51.0 Å². The van der Waals surface area contributed by atoms with Gasteiger partial charge in [-0.25, -0.2) is 5.43 Å². The number of hydrogen-bond donors (Lipinski definition) is 2. The van der Waals surface area contributed by atoms with Gasteiger partial charge in [0.1, 0.15) is 12.4 Å². The number of carbonyl (C=O) groups is 1. The van der Waals surface area contributed by atoms with Crippen LogP contribution in [0.4, 0.5) is 0 Å². The lowest BCUT2D eigenvalue weighted by Crippen LogP contribution is -2.42. The smallest absolute Gasteiger partial charge is 0.328 e. The Hall–Kier alpha value is -2.85. The maximum absolute atomic E-state index is 12.0. The lowest BCUT2D eigenvalue weighted by molar-refractivity contribution is -0.130. The highest BCUT2D eigenvalue weighted by Crippen LogP contribution is 2.30. The van der Waals surface area contributed by atoms with Crippen LogP contribution in [-0.4, -0.2) is 37.8 Å². The highest BCUT2D eigenvalue weighted by molar-refractivity contribution is 7.85. The van der Waals surface area contributed by atoms with Gasteiger partial charge in [0.15, 0.2) is 11.5 Å². The number of benzene rings is 1. The van der Waals surface area contributed by atoms with Crippen LogP contribution in [0.1, 0.15) is 5.76 Å². The molecule has 1 atom stereocenters. The average Bonchev–Trinajstić information content (AvgIpc) is 3.03.